The smallest absolute Gasteiger partial charge is 0.255 e. The molecule has 3 nitrogen and oxygen atoms in total. The van der Waals surface area contributed by atoms with E-state index in [1.165, 1.54) is 17.1 Å². The van der Waals surface area contributed by atoms with Crippen LogP contribution in [0.2, 0.25) is 0 Å². The Labute approximate surface area is 153 Å². The largest absolute Gasteiger partial charge is 0.322 e. The summed E-state index contributed by atoms with van der Waals surface area (Å²) < 4.78 is 11.8. The number of thioether (sulfide) groups is 2. The Morgan fingerprint density at radius 1 is 1.17 bits per heavy atom. The van der Waals surface area contributed by atoms with Crippen LogP contribution >= 0.6 is 23.5 Å². The average Bonchev–Trinajstić information content (AvgIpc) is 3.09. The zero-order valence-electron chi connectivity index (χ0n) is 13.4. The number of nitrogens with one attached hydrogen (secondary N) is 1. The van der Waals surface area contributed by atoms with Gasteiger partial charge in [-0.15, -0.1) is 23.5 Å². The van der Waals surface area contributed by atoms with Gasteiger partial charge in [0.2, 0.25) is 0 Å². The van der Waals surface area contributed by atoms with Crippen molar-refractivity contribution in [3.63, 3.8) is 0 Å². The summed E-state index contributed by atoms with van der Waals surface area (Å²) in [7, 11) is -0.917. The van der Waals surface area contributed by atoms with Gasteiger partial charge < -0.3 is 5.32 Å². The molecule has 1 saturated heterocycles. The molecular weight excluding hydrogens is 358 g/mol. The molecule has 1 N–H and O–H groups in total. The molecule has 1 amide bonds. The zero-order valence-corrected chi connectivity index (χ0v) is 15.8. The van der Waals surface area contributed by atoms with E-state index in [1.807, 2.05) is 53.9 Å². The topological polar surface area (TPSA) is 46.2 Å². The highest BCUT2D eigenvalue weighted by Gasteiger charge is 2.18. The minimum atomic E-state index is -0.917. The number of rotatable bonds is 5. The first kappa shape index (κ1) is 17.6. The highest BCUT2D eigenvalue weighted by atomic mass is 32.2. The maximum Gasteiger partial charge on any atom is 0.255 e. The first-order chi connectivity index (χ1) is 11.6. The molecule has 1 fully saturated rings. The van der Waals surface area contributed by atoms with Crippen molar-refractivity contribution in [3.8, 4) is 0 Å². The van der Waals surface area contributed by atoms with E-state index >= 15 is 0 Å². The maximum absolute atomic E-state index is 12.5. The highest BCUT2D eigenvalue weighted by molar-refractivity contribution is 8.19. The molecule has 0 saturated carbocycles. The Balaban J connectivity index is 1.72. The Bertz CT molecular complexity index is 757. The lowest BCUT2D eigenvalue weighted by Gasteiger charge is -2.11. The Kier molecular flexibility index (Phi) is 6.03. The first-order valence-corrected chi connectivity index (χ1v) is 11.5. The molecule has 0 bridgehead atoms. The quantitative estimate of drug-likeness (QED) is 0.844. The number of hydrogen-bond acceptors (Lipinski definition) is 4. The van der Waals surface area contributed by atoms with Gasteiger partial charge in [-0.2, -0.15) is 0 Å². The van der Waals surface area contributed by atoms with Crippen LogP contribution in [0, 0.1) is 0 Å². The van der Waals surface area contributed by atoms with E-state index in [0.29, 0.717) is 15.9 Å². The van der Waals surface area contributed by atoms with Crippen LogP contribution in [0.4, 0.5) is 5.69 Å². The first-order valence-electron chi connectivity index (χ1n) is 7.65. The number of amides is 1. The summed E-state index contributed by atoms with van der Waals surface area (Å²) in [6.07, 6.45) is 1.66. The molecule has 2 aromatic rings. The summed E-state index contributed by atoms with van der Waals surface area (Å²) in [6, 6.07) is 15.4. The van der Waals surface area contributed by atoms with Crippen molar-refractivity contribution in [1.82, 2.24) is 0 Å². The van der Waals surface area contributed by atoms with E-state index in [-0.39, 0.29) is 5.91 Å². The molecule has 126 valence electrons. The summed E-state index contributed by atoms with van der Waals surface area (Å²) in [6.45, 7) is 0. The van der Waals surface area contributed by atoms with Gasteiger partial charge in [0.25, 0.3) is 5.91 Å². The molecular formula is C18H19NO2S3. The fourth-order valence-electron chi connectivity index (χ4n) is 2.55. The van der Waals surface area contributed by atoms with Crippen LogP contribution in [0.15, 0.2) is 48.5 Å². The molecule has 1 aliphatic rings. The van der Waals surface area contributed by atoms with Gasteiger partial charge in [-0.05, 0) is 35.4 Å². The Morgan fingerprint density at radius 3 is 2.67 bits per heavy atom. The van der Waals surface area contributed by atoms with Crippen molar-refractivity contribution in [3.05, 3.63) is 65.2 Å². The second kappa shape index (κ2) is 8.23. The van der Waals surface area contributed by atoms with E-state index in [2.05, 4.69) is 17.4 Å². The summed E-state index contributed by atoms with van der Waals surface area (Å²) >= 11 is 3.90. The average molecular weight is 378 g/mol. The molecule has 0 aliphatic carbocycles. The van der Waals surface area contributed by atoms with Crippen LogP contribution in [0.5, 0.6) is 0 Å². The Morgan fingerprint density at radius 2 is 1.92 bits per heavy atom. The number of carbonyl (C=O) groups is 1. The predicted molar refractivity (Wildman–Crippen MR) is 106 cm³/mol. The van der Waals surface area contributed by atoms with Crippen molar-refractivity contribution >= 4 is 45.9 Å². The molecule has 0 spiro atoms. The van der Waals surface area contributed by atoms with E-state index in [1.54, 1.807) is 12.3 Å². The molecule has 0 radical (unpaired) electrons. The van der Waals surface area contributed by atoms with E-state index in [9.17, 15) is 9.00 Å². The molecule has 6 heteroatoms. The van der Waals surface area contributed by atoms with Crippen molar-refractivity contribution < 1.29 is 9.00 Å². The summed E-state index contributed by atoms with van der Waals surface area (Å²) in [4.78, 5) is 12.5. The van der Waals surface area contributed by atoms with Crippen molar-refractivity contribution in [2.24, 2.45) is 0 Å². The predicted octanol–water partition coefficient (Wildman–Crippen LogP) is 4.30. The van der Waals surface area contributed by atoms with Gasteiger partial charge in [0.05, 0.1) is 4.58 Å². The monoisotopic (exact) mass is 377 g/mol. The van der Waals surface area contributed by atoms with Gasteiger partial charge in [0.15, 0.2) is 0 Å². The number of benzene rings is 2. The molecule has 1 unspecified atom stereocenters. The number of hydrogen-bond donors (Lipinski definition) is 1. The van der Waals surface area contributed by atoms with Crippen LogP contribution in [0.1, 0.15) is 26.1 Å². The van der Waals surface area contributed by atoms with Crippen molar-refractivity contribution in [1.29, 1.82) is 0 Å². The third kappa shape index (κ3) is 4.65. The van der Waals surface area contributed by atoms with E-state index in [0.717, 1.165) is 11.3 Å². The minimum Gasteiger partial charge on any atom is -0.322 e. The van der Waals surface area contributed by atoms with Gasteiger partial charge >= 0.3 is 0 Å². The number of anilines is 1. The van der Waals surface area contributed by atoms with Crippen LogP contribution in [0.25, 0.3) is 0 Å². The third-order valence-corrected chi connectivity index (χ3v) is 7.44. The zero-order chi connectivity index (χ0) is 16.9. The fourth-order valence-corrected chi connectivity index (χ4v) is 6.04. The van der Waals surface area contributed by atoms with Gasteiger partial charge in [0.1, 0.15) is 0 Å². The maximum atomic E-state index is 12.5. The molecule has 1 heterocycles. The lowest BCUT2D eigenvalue weighted by molar-refractivity contribution is 0.102. The lowest BCUT2D eigenvalue weighted by atomic mass is 10.1. The molecule has 3 rings (SSSR count). The summed E-state index contributed by atoms with van der Waals surface area (Å²) in [5, 5.41) is 2.97. The second-order valence-corrected chi connectivity index (χ2v) is 9.73. The fraction of sp³-hybridized carbons (Fsp3) is 0.278. The molecule has 1 aliphatic heterocycles. The second-order valence-electron chi connectivity index (χ2n) is 5.57. The van der Waals surface area contributed by atoms with Gasteiger partial charge in [0, 0.05) is 45.6 Å². The van der Waals surface area contributed by atoms with Crippen molar-refractivity contribution in [2.45, 2.75) is 10.3 Å². The van der Waals surface area contributed by atoms with Gasteiger partial charge in [-0.1, -0.05) is 24.3 Å². The van der Waals surface area contributed by atoms with Crippen LogP contribution in [-0.4, -0.2) is 27.9 Å². The third-order valence-electron chi connectivity index (χ3n) is 3.60. The van der Waals surface area contributed by atoms with Crippen LogP contribution < -0.4 is 5.32 Å². The molecule has 2 aromatic carbocycles. The summed E-state index contributed by atoms with van der Waals surface area (Å²) in [5.41, 5.74) is 3.56. The van der Waals surface area contributed by atoms with Crippen LogP contribution in [-0.2, 0) is 16.6 Å². The normalized spacial score (nSPS) is 16.0. The van der Waals surface area contributed by atoms with Gasteiger partial charge in [-0.25, -0.2) is 0 Å². The van der Waals surface area contributed by atoms with Crippen molar-refractivity contribution in [2.75, 3.05) is 23.1 Å². The van der Waals surface area contributed by atoms with Gasteiger partial charge in [-0.3, -0.25) is 9.00 Å². The standard InChI is InChI=1S/C18H19NO2S3/c1-24(21)12-13-4-2-5-14(10-13)17(20)19-16-7-3-6-15(11-16)18-22-8-9-23-18/h2-7,10-11,18H,8-9,12H2,1H3,(H,19,20). The highest BCUT2D eigenvalue weighted by Crippen LogP contribution is 2.45. The van der Waals surface area contributed by atoms with E-state index < -0.39 is 10.8 Å². The SMILES string of the molecule is CS(=O)Cc1cccc(C(=O)Nc2cccc(C3SCCS3)c2)c1. The number of carbonyl (C=O) groups excluding carboxylic acids is 1. The molecule has 1 atom stereocenters. The molecule has 24 heavy (non-hydrogen) atoms. The minimum absolute atomic E-state index is 0.136. The molecule has 0 aromatic heterocycles. The van der Waals surface area contributed by atoms with E-state index in [4.69, 9.17) is 0 Å². The van der Waals surface area contributed by atoms with Crippen LogP contribution in [0.3, 0.4) is 0 Å². The Hall–Kier alpha value is -1.24. The lowest BCUT2D eigenvalue weighted by Crippen LogP contribution is -2.12. The summed E-state index contributed by atoms with van der Waals surface area (Å²) in [5.74, 6) is 2.68.